The highest BCUT2D eigenvalue weighted by molar-refractivity contribution is 5.71. The van der Waals surface area contributed by atoms with E-state index in [1.807, 2.05) is 20.8 Å². The van der Waals surface area contributed by atoms with Crippen LogP contribution in [-0.2, 0) is 20.6 Å². The van der Waals surface area contributed by atoms with Crippen LogP contribution in [0.25, 0.3) is 11.2 Å². The van der Waals surface area contributed by atoms with Crippen molar-refractivity contribution in [2.45, 2.75) is 45.7 Å². The van der Waals surface area contributed by atoms with Crippen LogP contribution in [-0.4, -0.2) is 24.7 Å². The monoisotopic (exact) mass is 293 g/mol. The van der Waals surface area contributed by atoms with Crippen LogP contribution in [0.1, 0.15) is 38.9 Å². The van der Waals surface area contributed by atoms with Gasteiger partial charge in [0, 0.05) is 32.6 Å². The van der Waals surface area contributed by atoms with Crippen molar-refractivity contribution in [3.8, 4) is 0 Å². The number of hydrogen-bond donors (Lipinski definition) is 1. The molecule has 0 aliphatic rings. The van der Waals surface area contributed by atoms with Gasteiger partial charge in [0.2, 0.25) is 0 Å². The van der Waals surface area contributed by atoms with Crippen molar-refractivity contribution in [3.63, 3.8) is 0 Å². The van der Waals surface area contributed by atoms with Crippen LogP contribution >= 0.6 is 0 Å². The van der Waals surface area contributed by atoms with Gasteiger partial charge in [0.1, 0.15) is 5.82 Å². The maximum absolute atomic E-state index is 12.6. The molecule has 7 heteroatoms. The SMILES string of the molecule is CCC(N)Cn1c(=O)c2c(nc(C(C)C)n2C)n(C)c1=O. The molecule has 0 fully saturated rings. The molecule has 2 heterocycles. The van der Waals surface area contributed by atoms with Gasteiger partial charge in [0.05, 0.1) is 0 Å². The molecule has 2 aromatic rings. The fourth-order valence-electron chi connectivity index (χ4n) is 2.50. The first-order chi connectivity index (χ1) is 9.79. The van der Waals surface area contributed by atoms with E-state index in [9.17, 15) is 9.59 Å². The van der Waals surface area contributed by atoms with Crippen molar-refractivity contribution in [2.24, 2.45) is 19.8 Å². The fourth-order valence-corrected chi connectivity index (χ4v) is 2.50. The van der Waals surface area contributed by atoms with Crippen LogP contribution < -0.4 is 17.0 Å². The number of fused-ring (bicyclic) bond motifs is 1. The summed E-state index contributed by atoms with van der Waals surface area (Å²) >= 11 is 0. The second-order valence-electron chi connectivity index (χ2n) is 5.78. The molecule has 0 bridgehead atoms. The van der Waals surface area contributed by atoms with Crippen LogP contribution in [0, 0.1) is 0 Å². The Kier molecular flexibility index (Phi) is 4.04. The van der Waals surface area contributed by atoms with Gasteiger partial charge in [0.15, 0.2) is 11.2 Å². The number of nitrogens with zero attached hydrogens (tertiary/aromatic N) is 4. The Bertz CT molecular complexity index is 781. The van der Waals surface area contributed by atoms with E-state index in [-0.39, 0.29) is 29.8 Å². The molecule has 0 aliphatic heterocycles. The molecule has 116 valence electrons. The molecular formula is C14H23N5O2. The third-order valence-electron chi connectivity index (χ3n) is 3.85. The summed E-state index contributed by atoms with van der Waals surface area (Å²) in [5, 5.41) is 0. The van der Waals surface area contributed by atoms with Crippen molar-refractivity contribution in [3.05, 3.63) is 26.7 Å². The lowest BCUT2D eigenvalue weighted by Crippen LogP contribution is -2.43. The number of aromatic nitrogens is 4. The van der Waals surface area contributed by atoms with E-state index in [2.05, 4.69) is 4.98 Å². The second kappa shape index (κ2) is 5.48. The largest absolute Gasteiger partial charge is 0.332 e. The minimum Gasteiger partial charge on any atom is -0.326 e. The molecule has 0 saturated heterocycles. The summed E-state index contributed by atoms with van der Waals surface area (Å²) in [6, 6.07) is -0.217. The lowest BCUT2D eigenvalue weighted by atomic mass is 10.2. The van der Waals surface area contributed by atoms with Crippen molar-refractivity contribution >= 4 is 11.2 Å². The van der Waals surface area contributed by atoms with Gasteiger partial charge < -0.3 is 10.3 Å². The maximum atomic E-state index is 12.6. The number of imidazole rings is 1. The first-order valence-corrected chi connectivity index (χ1v) is 7.21. The fraction of sp³-hybridized carbons (Fsp3) is 0.643. The highest BCUT2D eigenvalue weighted by Gasteiger charge is 2.20. The van der Waals surface area contributed by atoms with Gasteiger partial charge in [-0.1, -0.05) is 20.8 Å². The minimum absolute atomic E-state index is 0.170. The van der Waals surface area contributed by atoms with Gasteiger partial charge in [-0.05, 0) is 6.42 Å². The van der Waals surface area contributed by atoms with E-state index in [4.69, 9.17) is 5.73 Å². The summed E-state index contributed by atoms with van der Waals surface area (Å²) in [5.74, 6) is 0.956. The van der Waals surface area contributed by atoms with Crippen LogP contribution in [0.4, 0.5) is 0 Å². The predicted octanol–water partition coefficient (Wildman–Crippen LogP) is 0.294. The van der Waals surface area contributed by atoms with Gasteiger partial charge in [-0.2, -0.15) is 0 Å². The highest BCUT2D eigenvalue weighted by atomic mass is 16.2. The average molecular weight is 293 g/mol. The summed E-state index contributed by atoms with van der Waals surface area (Å²) in [6.45, 7) is 6.16. The Balaban J connectivity index is 2.83. The zero-order chi connectivity index (χ0) is 15.9. The summed E-state index contributed by atoms with van der Waals surface area (Å²) in [4.78, 5) is 29.5. The molecule has 0 spiro atoms. The third-order valence-corrected chi connectivity index (χ3v) is 3.85. The van der Waals surface area contributed by atoms with E-state index >= 15 is 0 Å². The number of hydrogen-bond acceptors (Lipinski definition) is 4. The summed E-state index contributed by atoms with van der Waals surface area (Å²) in [5.41, 5.74) is 6.08. The number of aryl methyl sites for hydroxylation is 2. The molecule has 0 radical (unpaired) electrons. The molecule has 2 rings (SSSR count). The van der Waals surface area contributed by atoms with Crippen LogP contribution in [0.15, 0.2) is 9.59 Å². The molecule has 2 aromatic heterocycles. The molecule has 7 nitrogen and oxygen atoms in total. The standard InChI is InChI=1S/C14H23N5O2/c1-6-9(15)7-19-13(20)10-12(18(5)14(19)21)16-11(8(2)3)17(10)4/h8-9H,6-7,15H2,1-5H3. The van der Waals surface area contributed by atoms with Crippen molar-refractivity contribution in [2.75, 3.05) is 0 Å². The quantitative estimate of drug-likeness (QED) is 0.878. The van der Waals surface area contributed by atoms with Crippen LogP contribution in [0.2, 0.25) is 0 Å². The number of rotatable bonds is 4. The van der Waals surface area contributed by atoms with Crippen LogP contribution in [0.5, 0.6) is 0 Å². The van der Waals surface area contributed by atoms with Crippen molar-refractivity contribution in [1.29, 1.82) is 0 Å². The van der Waals surface area contributed by atoms with E-state index < -0.39 is 0 Å². The van der Waals surface area contributed by atoms with E-state index in [1.165, 1.54) is 9.13 Å². The molecule has 0 amide bonds. The van der Waals surface area contributed by atoms with Gasteiger partial charge in [-0.15, -0.1) is 0 Å². The molecular weight excluding hydrogens is 270 g/mol. The molecule has 1 atom stereocenters. The maximum Gasteiger partial charge on any atom is 0.332 e. The Labute approximate surface area is 123 Å². The molecule has 0 aliphatic carbocycles. The van der Waals surface area contributed by atoms with E-state index in [0.717, 1.165) is 5.82 Å². The second-order valence-corrected chi connectivity index (χ2v) is 5.78. The van der Waals surface area contributed by atoms with Gasteiger partial charge in [-0.3, -0.25) is 13.9 Å². The normalized spacial score (nSPS) is 13.3. The van der Waals surface area contributed by atoms with E-state index in [1.54, 1.807) is 18.7 Å². The first kappa shape index (κ1) is 15.5. The van der Waals surface area contributed by atoms with E-state index in [0.29, 0.717) is 17.6 Å². The van der Waals surface area contributed by atoms with Gasteiger partial charge in [-0.25, -0.2) is 9.78 Å². The molecule has 2 N–H and O–H groups in total. The minimum atomic E-state index is -0.371. The highest BCUT2D eigenvalue weighted by Crippen LogP contribution is 2.16. The predicted molar refractivity (Wildman–Crippen MR) is 82.6 cm³/mol. The molecule has 0 aromatic carbocycles. The Morgan fingerprint density at radius 1 is 1.19 bits per heavy atom. The lowest BCUT2D eigenvalue weighted by Gasteiger charge is -2.12. The molecule has 1 unspecified atom stereocenters. The topological polar surface area (TPSA) is 87.8 Å². The van der Waals surface area contributed by atoms with Crippen molar-refractivity contribution < 1.29 is 0 Å². The molecule has 21 heavy (non-hydrogen) atoms. The summed E-state index contributed by atoms with van der Waals surface area (Å²) < 4.78 is 4.41. The summed E-state index contributed by atoms with van der Waals surface area (Å²) in [7, 11) is 3.44. The Morgan fingerprint density at radius 2 is 1.81 bits per heavy atom. The lowest BCUT2D eigenvalue weighted by molar-refractivity contribution is 0.500. The third kappa shape index (κ3) is 2.42. The van der Waals surface area contributed by atoms with Crippen LogP contribution in [0.3, 0.4) is 0 Å². The smallest absolute Gasteiger partial charge is 0.326 e. The zero-order valence-electron chi connectivity index (χ0n) is 13.3. The summed E-state index contributed by atoms with van der Waals surface area (Å²) in [6.07, 6.45) is 0.705. The Hall–Kier alpha value is -1.89. The zero-order valence-corrected chi connectivity index (χ0v) is 13.3. The first-order valence-electron chi connectivity index (χ1n) is 7.21. The average Bonchev–Trinajstić information content (AvgIpc) is 2.79. The molecule has 0 saturated carbocycles. The van der Waals surface area contributed by atoms with Gasteiger partial charge >= 0.3 is 5.69 Å². The van der Waals surface area contributed by atoms with Gasteiger partial charge in [0.25, 0.3) is 5.56 Å². The Morgan fingerprint density at radius 3 is 2.33 bits per heavy atom. The number of nitrogens with two attached hydrogens (primary N) is 1. The van der Waals surface area contributed by atoms with Crippen molar-refractivity contribution in [1.82, 2.24) is 18.7 Å².